The van der Waals surface area contributed by atoms with Crippen LogP contribution in [0.2, 0.25) is 0 Å². The minimum atomic E-state index is 0. The zero-order chi connectivity index (χ0) is 12.0. The van der Waals surface area contributed by atoms with Gasteiger partial charge >= 0.3 is 308 Å². The first-order valence-corrected chi connectivity index (χ1v) is 0. The normalized spacial score (nSPS) is 2.80. The fourth-order valence-corrected chi connectivity index (χ4v) is 0. The molecule has 73 valence electrons. The largest absolute Gasteiger partial charge is 1.00 e. The van der Waals surface area contributed by atoms with Crippen LogP contribution in [-0.2, 0) is 18.6 Å². The van der Waals surface area contributed by atoms with Crippen molar-refractivity contribution in [3.05, 3.63) is 0 Å². The van der Waals surface area contributed by atoms with E-state index in [1.54, 1.807) is 0 Å². The molecule has 0 aromatic carbocycles. The van der Waals surface area contributed by atoms with Crippen molar-refractivity contribution in [1.29, 1.82) is 7.67 Å². The van der Waals surface area contributed by atoms with Crippen molar-refractivity contribution >= 4 is 96.5 Å². The summed E-state index contributed by atoms with van der Waals surface area (Å²) in [6, 6.07) is 0. The quantitative estimate of drug-likeness (QED) is 0.138. The Morgan fingerprint density at radius 2 is 0.533 bits per heavy atom. The molecule has 0 rings (SSSR count). The SMILES string of the molecule is I.S.[2H][PH-].[2H][PH-].[2H][PH-].[2H][PH-].[2H][PH-].[2H][PH-].[HH].[HH].[K+].[K+].[K+].[K+].[K+].[K+].[V]. The molecule has 0 saturated carbocycles. The van der Waals surface area contributed by atoms with Gasteiger partial charge in [-0.25, -0.2) is 7.67 Å². The summed E-state index contributed by atoms with van der Waals surface area (Å²) in [5.74, 6) is 0. The number of rotatable bonds is 0. The fourth-order valence-electron chi connectivity index (χ4n) is 0. The van der Waals surface area contributed by atoms with Gasteiger partial charge in [-0.2, -0.15) is 13.5 Å². The second-order valence-corrected chi connectivity index (χ2v) is 0. The van der Waals surface area contributed by atoms with Gasteiger partial charge in [-0.05, 0) is 0 Å². The topological polar surface area (TPSA) is 0 Å². The Morgan fingerprint density at radius 3 is 0.533 bits per heavy atom. The molecule has 0 aliphatic rings. The van der Waals surface area contributed by atoms with Gasteiger partial charge in [0.2, 0.25) is 0 Å². The molecule has 0 aromatic rings. The maximum atomic E-state index is 5.56. The summed E-state index contributed by atoms with van der Waals surface area (Å²) >= 11 is 0. The average Bonchev–Trinajstić information content (AvgIpc) is 2.33. The minimum Gasteiger partial charge on any atom is -0.577 e. The van der Waals surface area contributed by atoms with Crippen LogP contribution in [0.5, 0.6) is 0 Å². The van der Waals surface area contributed by atoms with E-state index in [1.807, 2.05) is 0 Å². The van der Waals surface area contributed by atoms with Crippen LogP contribution in [0.25, 0.3) is 0 Å². The molecule has 15 heteroatoms. The van der Waals surface area contributed by atoms with Crippen LogP contribution in [0.3, 0.4) is 0 Å². The molecular weight excluding hydrogens is 630 g/mol. The Hall–Kier alpha value is 14.1. The third-order valence-electron chi connectivity index (χ3n) is 0. The van der Waals surface area contributed by atoms with Crippen LogP contribution in [-0.4, -0.2) is 7.67 Å². The predicted molar refractivity (Wildman–Crippen MR) is 88.3 cm³/mol. The molecule has 0 atom stereocenters. The maximum Gasteiger partial charge on any atom is 1.00 e. The first-order valence-electron chi connectivity index (χ1n) is 3.00. The van der Waals surface area contributed by atoms with Gasteiger partial charge in [0.05, 0.1) is 0 Å². The molecule has 0 heterocycles. The van der Waals surface area contributed by atoms with Crippen LogP contribution in [0.1, 0.15) is 2.85 Å². The number of hydrogen-bond donors (Lipinski definition) is 0. The molecule has 0 aromatic heterocycles. The van der Waals surface area contributed by atoms with Crippen molar-refractivity contribution in [3.8, 4) is 0 Å². The molecule has 0 amide bonds. The van der Waals surface area contributed by atoms with Crippen molar-refractivity contribution < 1.29 is 330 Å². The fraction of sp³-hybridized carbons (Fsp3) is 0. The van der Waals surface area contributed by atoms with Crippen LogP contribution in [0, 0.1) is 0 Å². The monoisotopic (exact) mass is 655 g/mol. The van der Waals surface area contributed by atoms with E-state index >= 15 is 0 Å². The van der Waals surface area contributed by atoms with E-state index < -0.39 is 0 Å². The third-order valence-corrected chi connectivity index (χ3v) is 0. The molecule has 0 spiro atoms. The van der Waals surface area contributed by atoms with E-state index in [4.69, 9.17) is 7.67 Å². The molecular formula is H19IK6P6SV. The van der Waals surface area contributed by atoms with E-state index in [1.165, 1.54) is 0 Å². The molecule has 15 heavy (non-hydrogen) atoms. The predicted octanol–water partition coefficient (Wildman–Crippen LogP) is -14.8. The van der Waals surface area contributed by atoms with Gasteiger partial charge in [-0.3, -0.25) is 0 Å². The van der Waals surface area contributed by atoms with Crippen molar-refractivity contribution in [1.82, 2.24) is 0 Å². The molecule has 0 aliphatic carbocycles. The van der Waals surface area contributed by atoms with Gasteiger partial charge in [-0.1, -0.05) is 0 Å². The van der Waals surface area contributed by atoms with Crippen LogP contribution >= 0.6 is 96.5 Å². The van der Waals surface area contributed by atoms with Crippen LogP contribution < -0.4 is 308 Å². The van der Waals surface area contributed by atoms with E-state index in [0.717, 1.165) is 0 Å². The van der Waals surface area contributed by atoms with Crippen molar-refractivity contribution in [2.75, 3.05) is 0 Å². The smallest absolute Gasteiger partial charge is 0.577 e. The minimum absolute atomic E-state index is 0. The zero-order valence-electron chi connectivity index (χ0n) is 16.4. The summed E-state index contributed by atoms with van der Waals surface area (Å²) < 4.78 is 33.3. The Balaban J connectivity index is -0.00000000114. The Kier molecular flexibility index (Phi) is 394. The van der Waals surface area contributed by atoms with E-state index in [2.05, 4.69) is 59.1 Å². The molecule has 0 aliphatic heterocycles. The van der Waals surface area contributed by atoms with Crippen LogP contribution in [0.4, 0.5) is 0 Å². The maximum absolute atomic E-state index is 5.56. The van der Waals surface area contributed by atoms with Gasteiger partial charge < -0.3 is 59.1 Å². The van der Waals surface area contributed by atoms with Gasteiger partial charge in [-0.15, -0.1) is 24.0 Å². The Bertz CT molecular complexity index is 49.0. The molecule has 0 unspecified atom stereocenters. The molecule has 0 nitrogen and oxygen atoms in total. The third kappa shape index (κ3) is 96.4. The van der Waals surface area contributed by atoms with E-state index in [0.29, 0.717) is 0 Å². The Labute approximate surface area is 418 Å². The van der Waals surface area contributed by atoms with Gasteiger partial charge in [0, 0.05) is 21.4 Å². The summed E-state index contributed by atoms with van der Waals surface area (Å²) in [5, 5.41) is 0. The summed E-state index contributed by atoms with van der Waals surface area (Å²) in [4.78, 5) is 0. The second kappa shape index (κ2) is 104. The summed E-state index contributed by atoms with van der Waals surface area (Å²) in [6.07, 6.45) is 0. The Morgan fingerprint density at radius 1 is 0.533 bits per heavy atom. The van der Waals surface area contributed by atoms with Crippen molar-refractivity contribution in [2.45, 2.75) is 0 Å². The van der Waals surface area contributed by atoms with E-state index in [9.17, 15) is 0 Å². The van der Waals surface area contributed by atoms with Crippen molar-refractivity contribution in [2.24, 2.45) is 0 Å². The molecule has 1 radical (unpaired) electrons. The van der Waals surface area contributed by atoms with Gasteiger partial charge in [0.25, 0.3) is 0 Å². The van der Waals surface area contributed by atoms with Crippen LogP contribution in [0.15, 0.2) is 0 Å². The van der Waals surface area contributed by atoms with E-state index in [-0.39, 0.29) is 367 Å². The first-order chi connectivity index (χ1) is 6.00. The van der Waals surface area contributed by atoms with Crippen molar-refractivity contribution in [3.63, 3.8) is 0 Å². The molecule has 0 saturated heterocycles. The molecule has 0 N–H and O–H groups in total. The molecule has 0 fully saturated rings. The molecule has 0 bridgehead atoms. The summed E-state index contributed by atoms with van der Waals surface area (Å²) in [6.45, 7) is 0. The van der Waals surface area contributed by atoms with Gasteiger partial charge in [0.1, 0.15) is 0 Å². The standard InChI is InChI=1S/HI.6K.6H2P.H2S.V.2H2/h1H;;;;;;;7*1H2;;2*1H/q;6*+1;6*-1;;;;/i;;;;;;;6*1D;;;;. The summed E-state index contributed by atoms with van der Waals surface area (Å²) in [7, 11) is 13.3. The average molecular weight is 656 g/mol. The number of halogens is 1. The number of hydrogen-bond acceptors (Lipinski definition) is 0. The first kappa shape index (κ1) is 56.9. The second-order valence-electron chi connectivity index (χ2n) is 0. The van der Waals surface area contributed by atoms with Gasteiger partial charge in [0.15, 0.2) is 0 Å². The summed E-state index contributed by atoms with van der Waals surface area (Å²) in [5.41, 5.74) is 0. The zero-order valence-corrected chi connectivity index (χ0v) is 39.8.